The molecule has 2 atom stereocenters. The highest BCUT2D eigenvalue weighted by atomic mass is 19.1. The molecule has 0 amide bonds. The fraction of sp³-hybridized carbons (Fsp3) is 0.292. The Bertz CT molecular complexity index is 1310. The molecule has 0 spiro atoms. The van der Waals surface area contributed by atoms with E-state index in [4.69, 9.17) is 4.74 Å². The summed E-state index contributed by atoms with van der Waals surface area (Å²) >= 11 is 0. The van der Waals surface area contributed by atoms with Gasteiger partial charge in [-0.05, 0) is 31.0 Å². The minimum atomic E-state index is -0.497. The van der Waals surface area contributed by atoms with Crippen molar-refractivity contribution in [2.75, 3.05) is 6.61 Å². The Balaban J connectivity index is 1.49. The third-order valence-electron chi connectivity index (χ3n) is 6.12. The maximum Gasteiger partial charge on any atom is 0.276 e. The van der Waals surface area contributed by atoms with Crippen LogP contribution in [0.5, 0.6) is 0 Å². The molecule has 158 valence electrons. The van der Waals surface area contributed by atoms with Crippen LogP contribution in [0.15, 0.2) is 59.7 Å². The Hall–Kier alpha value is -3.32. The van der Waals surface area contributed by atoms with Gasteiger partial charge < -0.3 is 9.30 Å². The second-order valence-electron chi connectivity index (χ2n) is 8.05. The van der Waals surface area contributed by atoms with Gasteiger partial charge in [-0.15, -0.1) is 0 Å². The van der Waals surface area contributed by atoms with Crippen molar-refractivity contribution in [1.29, 1.82) is 0 Å². The van der Waals surface area contributed by atoms with Crippen LogP contribution in [0.3, 0.4) is 0 Å². The number of pyridine rings is 1. The van der Waals surface area contributed by atoms with E-state index in [0.29, 0.717) is 24.2 Å². The molecule has 1 aliphatic rings. The lowest BCUT2D eigenvalue weighted by atomic mass is 10.0. The minimum Gasteiger partial charge on any atom is -0.378 e. The van der Waals surface area contributed by atoms with E-state index in [0.717, 1.165) is 29.1 Å². The highest BCUT2D eigenvalue weighted by Crippen LogP contribution is 2.30. The van der Waals surface area contributed by atoms with Crippen LogP contribution in [-0.2, 0) is 18.2 Å². The molecule has 7 heteroatoms. The highest BCUT2D eigenvalue weighted by Gasteiger charge is 2.29. The Kier molecular flexibility index (Phi) is 4.90. The van der Waals surface area contributed by atoms with Crippen LogP contribution in [0.2, 0.25) is 0 Å². The summed E-state index contributed by atoms with van der Waals surface area (Å²) in [4.78, 5) is 21.4. The summed E-state index contributed by atoms with van der Waals surface area (Å²) in [5.74, 6) is 0.565. The number of aromatic nitrogens is 4. The molecule has 1 fully saturated rings. The van der Waals surface area contributed by atoms with Crippen LogP contribution in [0, 0.1) is 5.95 Å². The van der Waals surface area contributed by atoms with Gasteiger partial charge in [-0.2, -0.15) is 4.39 Å². The van der Waals surface area contributed by atoms with Gasteiger partial charge in [-0.1, -0.05) is 30.3 Å². The third kappa shape index (κ3) is 3.55. The summed E-state index contributed by atoms with van der Waals surface area (Å²) in [6, 6.07) is 12.6. The van der Waals surface area contributed by atoms with Crippen molar-refractivity contribution >= 4 is 5.52 Å². The van der Waals surface area contributed by atoms with E-state index < -0.39 is 5.95 Å². The van der Waals surface area contributed by atoms with Gasteiger partial charge in [0.1, 0.15) is 11.3 Å². The van der Waals surface area contributed by atoms with Crippen molar-refractivity contribution in [2.24, 2.45) is 7.05 Å². The van der Waals surface area contributed by atoms with E-state index in [-0.39, 0.29) is 17.6 Å². The first-order valence-electron chi connectivity index (χ1n) is 10.4. The van der Waals surface area contributed by atoms with Gasteiger partial charge >= 0.3 is 0 Å². The molecule has 31 heavy (non-hydrogen) atoms. The normalized spacial score (nSPS) is 18.7. The molecule has 0 N–H and O–H groups in total. The largest absolute Gasteiger partial charge is 0.378 e. The maximum atomic E-state index is 13.4. The van der Waals surface area contributed by atoms with E-state index >= 15 is 0 Å². The van der Waals surface area contributed by atoms with Crippen LogP contribution in [0.1, 0.15) is 36.3 Å². The molecule has 0 aliphatic carbocycles. The minimum absolute atomic E-state index is 0.0663. The van der Waals surface area contributed by atoms with Crippen molar-refractivity contribution in [1.82, 2.24) is 18.9 Å². The van der Waals surface area contributed by atoms with Crippen LogP contribution in [0.25, 0.3) is 16.8 Å². The lowest BCUT2D eigenvalue weighted by molar-refractivity contribution is 0.117. The predicted molar refractivity (Wildman–Crippen MR) is 116 cm³/mol. The summed E-state index contributed by atoms with van der Waals surface area (Å²) < 4.78 is 22.7. The molecule has 5 rings (SSSR count). The topological polar surface area (TPSA) is 61.4 Å². The molecule has 4 aromatic rings. The van der Waals surface area contributed by atoms with E-state index in [2.05, 4.69) is 16.9 Å². The molecular weight excluding hydrogens is 395 g/mol. The fourth-order valence-corrected chi connectivity index (χ4v) is 4.29. The molecule has 0 bridgehead atoms. The first kappa shape index (κ1) is 19.6. The zero-order valence-corrected chi connectivity index (χ0v) is 17.5. The van der Waals surface area contributed by atoms with Gasteiger partial charge in [0.25, 0.3) is 5.56 Å². The summed E-state index contributed by atoms with van der Waals surface area (Å²) in [6.07, 6.45) is 5.24. The van der Waals surface area contributed by atoms with Gasteiger partial charge in [-0.3, -0.25) is 9.20 Å². The standard InChI is InChI=1S/C24H23FN4O2/c1-15-19(10-11-31-15)23-26-13-21-24(30)28(2)18(14-29(21)23)12-16-6-8-17(9-7-16)20-4-3-5-22(25)27-20/h3-9,13-15,19H,10-12H2,1-2H3/t15-,19-/m0/s1. The first-order chi connectivity index (χ1) is 15.0. The Morgan fingerprint density at radius 3 is 2.71 bits per heavy atom. The van der Waals surface area contributed by atoms with Crippen molar-refractivity contribution in [3.8, 4) is 11.3 Å². The third-order valence-corrected chi connectivity index (χ3v) is 6.12. The van der Waals surface area contributed by atoms with E-state index in [1.54, 1.807) is 29.9 Å². The molecule has 4 heterocycles. The Morgan fingerprint density at radius 1 is 1.19 bits per heavy atom. The smallest absolute Gasteiger partial charge is 0.276 e. The molecule has 6 nitrogen and oxygen atoms in total. The predicted octanol–water partition coefficient (Wildman–Crippen LogP) is 3.72. The monoisotopic (exact) mass is 418 g/mol. The van der Waals surface area contributed by atoms with Gasteiger partial charge in [0.05, 0.1) is 18.0 Å². The van der Waals surface area contributed by atoms with Gasteiger partial charge in [0.15, 0.2) is 0 Å². The maximum absolute atomic E-state index is 13.4. The second-order valence-corrected chi connectivity index (χ2v) is 8.05. The van der Waals surface area contributed by atoms with Crippen molar-refractivity contribution in [3.05, 3.63) is 88.2 Å². The number of fused-ring (bicyclic) bond motifs is 1. The number of halogens is 1. The van der Waals surface area contributed by atoms with Crippen molar-refractivity contribution < 1.29 is 9.13 Å². The fourth-order valence-electron chi connectivity index (χ4n) is 4.29. The molecule has 3 aromatic heterocycles. The first-order valence-corrected chi connectivity index (χ1v) is 10.4. The Morgan fingerprint density at radius 2 is 2.00 bits per heavy atom. The summed E-state index contributed by atoms with van der Waals surface area (Å²) in [5.41, 5.74) is 3.89. The van der Waals surface area contributed by atoms with E-state index in [1.807, 2.05) is 34.9 Å². The lowest BCUT2D eigenvalue weighted by Crippen LogP contribution is -2.24. The average Bonchev–Trinajstić information content (AvgIpc) is 3.38. The SMILES string of the molecule is C[C@@H]1OCC[C@@H]1c1ncc2c(=O)n(C)c(Cc3ccc(-c4cccc(F)n4)cc3)cn12. The molecule has 1 aromatic carbocycles. The highest BCUT2D eigenvalue weighted by molar-refractivity contribution is 5.59. The van der Waals surface area contributed by atoms with E-state index in [9.17, 15) is 9.18 Å². The number of hydrogen-bond acceptors (Lipinski definition) is 4. The van der Waals surface area contributed by atoms with Crippen LogP contribution < -0.4 is 5.56 Å². The molecule has 1 aliphatic heterocycles. The number of imidazole rings is 1. The van der Waals surface area contributed by atoms with Gasteiger partial charge in [-0.25, -0.2) is 9.97 Å². The number of benzene rings is 1. The number of nitrogens with zero attached hydrogens (tertiary/aromatic N) is 4. The molecular formula is C24H23FN4O2. The lowest BCUT2D eigenvalue weighted by Gasteiger charge is -2.15. The quantitative estimate of drug-likeness (QED) is 0.474. The van der Waals surface area contributed by atoms with Crippen molar-refractivity contribution in [3.63, 3.8) is 0 Å². The molecule has 1 saturated heterocycles. The number of hydrogen-bond donors (Lipinski definition) is 0. The van der Waals surface area contributed by atoms with Crippen LogP contribution in [0.4, 0.5) is 4.39 Å². The average molecular weight is 418 g/mol. The van der Waals surface area contributed by atoms with Gasteiger partial charge in [0.2, 0.25) is 5.95 Å². The number of rotatable bonds is 4. The van der Waals surface area contributed by atoms with Crippen molar-refractivity contribution in [2.45, 2.75) is 31.8 Å². The Labute approximate surface area is 179 Å². The van der Waals surface area contributed by atoms with Gasteiger partial charge in [0, 0.05) is 43.4 Å². The zero-order chi connectivity index (χ0) is 21.5. The number of ether oxygens (including phenoxy) is 1. The summed E-state index contributed by atoms with van der Waals surface area (Å²) in [5, 5.41) is 0. The summed E-state index contributed by atoms with van der Waals surface area (Å²) in [7, 11) is 1.79. The summed E-state index contributed by atoms with van der Waals surface area (Å²) in [6.45, 7) is 2.76. The molecule has 0 saturated carbocycles. The molecule has 0 radical (unpaired) electrons. The zero-order valence-electron chi connectivity index (χ0n) is 17.5. The second kappa shape index (κ2) is 7.74. The van der Waals surface area contributed by atoms with Crippen LogP contribution in [-0.4, -0.2) is 31.6 Å². The van der Waals surface area contributed by atoms with Crippen LogP contribution >= 0.6 is 0 Å². The molecule has 0 unspecified atom stereocenters. The van der Waals surface area contributed by atoms with E-state index in [1.165, 1.54) is 6.07 Å².